The van der Waals surface area contributed by atoms with Gasteiger partial charge in [-0.15, -0.1) is 11.3 Å². The molecular weight excluding hydrogens is 258 g/mol. The van der Waals surface area contributed by atoms with E-state index in [1.807, 2.05) is 42.6 Å². The third kappa shape index (κ3) is 2.37. The molecule has 0 radical (unpaired) electrons. The van der Waals surface area contributed by atoms with Crippen LogP contribution in [-0.4, -0.2) is 9.38 Å². The Kier molecular flexibility index (Phi) is 3.05. The van der Waals surface area contributed by atoms with Gasteiger partial charge in [0.2, 0.25) is 0 Å². The molecule has 0 unspecified atom stereocenters. The molecule has 0 saturated heterocycles. The number of nitrogens with one attached hydrogen (secondary N) is 1. The summed E-state index contributed by atoms with van der Waals surface area (Å²) >= 11 is 1.49. The number of fused-ring (bicyclic) bond motifs is 1. The van der Waals surface area contributed by atoms with E-state index in [2.05, 4.69) is 10.3 Å². The van der Waals surface area contributed by atoms with Crippen molar-refractivity contribution in [3.63, 3.8) is 0 Å². The van der Waals surface area contributed by atoms with Crippen molar-refractivity contribution in [1.82, 2.24) is 9.38 Å². The van der Waals surface area contributed by atoms with Crippen LogP contribution in [0.2, 0.25) is 0 Å². The molecule has 1 aromatic carbocycles. The van der Waals surface area contributed by atoms with E-state index in [0.29, 0.717) is 6.54 Å². The van der Waals surface area contributed by atoms with E-state index in [1.165, 1.54) is 11.3 Å². The first kappa shape index (κ1) is 11.9. The van der Waals surface area contributed by atoms with Crippen molar-refractivity contribution in [3.8, 4) is 0 Å². The molecule has 2 aromatic heterocycles. The number of aromatic nitrogens is 2. The molecule has 3 aromatic rings. The van der Waals surface area contributed by atoms with Crippen LogP contribution >= 0.6 is 11.3 Å². The van der Waals surface area contributed by atoms with Crippen molar-refractivity contribution in [2.75, 3.05) is 5.32 Å². The zero-order valence-electron chi connectivity index (χ0n) is 10.5. The summed E-state index contributed by atoms with van der Waals surface area (Å²) in [5, 5.41) is 5.20. The topological polar surface area (TPSA) is 46.4 Å². The zero-order valence-corrected chi connectivity index (χ0v) is 11.3. The molecule has 0 atom stereocenters. The molecule has 0 aliphatic heterocycles. The molecule has 0 aliphatic rings. The number of nitrogens with zero attached hydrogens (tertiary/aromatic N) is 2. The van der Waals surface area contributed by atoms with E-state index in [0.717, 1.165) is 22.0 Å². The van der Waals surface area contributed by atoms with Gasteiger partial charge in [0.1, 0.15) is 0 Å². The van der Waals surface area contributed by atoms with Gasteiger partial charge in [0.15, 0.2) is 4.96 Å². The molecular formula is C14H13N3OS. The molecule has 0 aliphatic carbocycles. The predicted octanol–water partition coefficient (Wildman–Crippen LogP) is 2.68. The maximum absolute atomic E-state index is 12.0. The van der Waals surface area contributed by atoms with E-state index >= 15 is 0 Å². The second-order valence-electron chi connectivity index (χ2n) is 4.30. The van der Waals surface area contributed by atoms with Gasteiger partial charge in [-0.2, -0.15) is 0 Å². The van der Waals surface area contributed by atoms with Gasteiger partial charge < -0.3 is 5.32 Å². The molecule has 4 nitrogen and oxygen atoms in total. The van der Waals surface area contributed by atoms with E-state index < -0.39 is 0 Å². The van der Waals surface area contributed by atoms with Crippen LogP contribution in [0.1, 0.15) is 11.4 Å². The number of thiazole rings is 1. The summed E-state index contributed by atoms with van der Waals surface area (Å²) in [7, 11) is 0. The lowest BCUT2D eigenvalue weighted by Gasteiger charge is -2.05. The molecule has 0 bridgehead atoms. The Bertz CT molecular complexity index is 761. The maximum Gasteiger partial charge on any atom is 0.259 e. The van der Waals surface area contributed by atoms with Crippen LogP contribution in [0.15, 0.2) is 46.6 Å². The Labute approximate surface area is 114 Å². The molecule has 5 heteroatoms. The first-order valence-electron chi connectivity index (χ1n) is 6.00. The predicted molar refractivity (Wildman–Crippen MR) is 77.8 cm³/mol. The largest absolute Gasteiger partial charge is 0.379 e. The molecule has 2 heterocycles. The first-order chi connectivity index (χ1) is 9.24. The van der Waals surface area contributed by atoms with E-state index in [1.54, 1.807) is 10.5 Å². The van der Waals surface area contributed by atoms with Crippen molar-refractivity contribution in [1.29, 1.82) is 0 Å². The minimum Gasteiger partial charge on any atom is -0.379 e. The molecule has 96 valence electrons. The Morgan fingerprint density at radius 2 is 2.11 bits per heavy atom. The molecule has 3 rings (SSSR count). The lowest BCUT2D eigenvalue weighted by molar-refractivity contribution is 0.966. The van der Waals surface area contributed by atoms with Crippen molar-refractivity contribution in [2.45, 2.75) is 13.5 Å². The van der Waals surface area contributed by atoms with Crippen molar-refractivity contribution >= 4 is 22.0 Å². The summed E-state index contributed by atoms with van der Waals surface area (Å²) in [4.78, 5) is 17.2. The van der Waals surface area contributed by atoms with Crippen LogP contribution in [0.25, 0.3) is 4.96 Å². The van der Waals surface area contributed by atoms with E-state index in [4.69, 9.17) is 0 Å². The fraction of sp³-hybridized carbons (Fsp3) is 0.143. The second kappa shape index (κ2) is 4.85. The highest BCUT2D eigenvalue weighted by Gasteiger charge is 2.06. The van der Waals surface area contributed by atoms with Crippen LogP contribution in [0.4, 0.5) is 5.69 Å². The van der Waals surface area contributed by atoms with E-state index in [-0.39, 0.29) is 5.56 Å². The third-order valence-corrected chi connectivity index (χ3v) is 3.82. The monoisotopic (exact) mass is 271 g/mol. The standard InChI is InChI=1S/C14H13N3OS/c1-10-9-19-14-16-12(7-13(18)17(10)14)8-15-11-5-3-2-4-6-11/h2-7,9,15H,8H2,1H3. The summed E-state index contributed by atoms with van der Waals surface area (Å²) in [6.45, 7) is 2.46. The molecule has 0 fully saturated rings. The molecule has 0 saturated carbocycles. The molecule has 0 amide bonds. The lowest BCUT2D eigenvalue weighted by Crippen LogP contribution is -2.16. The fourth-order valence-corrected chi connectivity index (χ4v) is 2.83. The SMILES string of the molecule is Cc1csc2nc(CNc3ccccc3)cc(=O)n12. The van der Waals surface area contributed by atoms with Gasteiger partial charge >= 0.3 is 0 Å². The zero-order chi connectivity index (χ0) is 13.2. The number of anilines is 1. The van der Waals surface area contributed by atoms with Gasteiger partial charge in [-0.05, 0) is 19.1 Å². The van der Waals surface area contributed by atoms with Gasteiger partial charge in [-0.1, -0.05) is 18.2 Å². The Balaban J connectivity index is 1.88. The molecule has 0 spiro atoms. The van der Waals surface area contributed by atoms with Crippen LogP contribution in [0.3, 0.4) is 0 Å². The van der Waals surface area contributed by atoms with Gasteiger partial charge in [0.05, 0.1) is 12.2 Å². The Morgan fingerprint density at radius 3 is 2.89 bits per heavy atom. The fourth-order valence-electron chi connectivity index (χ4n) is 1.94. The number of rotatable bonds is 3. The van der Waals surface area contributed by atoms with E-state index in [9.17, 15) is 4.79 Å². The Hall–Kier alpha value is -2.14. The van der Waals surface area contributed by atoms with Gasteiger partial charge in [-0.25, -0.2) is 4.98 Å². The lowest BCUT2D eigenvalue weighted by atomic mass is 10.3. The first-order valence-corrected chi connectivity index (χ1v) is 6.88. The summed E-state index contributed by atoms with van der Waals surface area (Å²) in [5.41, 5.74) is 2.69. The number of aryl methyl sites for hydroxylation is 1. The highest BCUT2D eigenvalue weighted by atomic mass is 32.1. The highest BCUT2D eigenvalue weighted by molar-refractivity contribution is 7.15. The van der Waals surface area contributed by atoms with Crippen molar-refractivity contribution in [3.05, 3.63) is 63.5 Å². The minimum atomic E-state index is -0.0198. The number of para-hydroxylation sites is 1. The van der Waals surface area contributed by atoms with Crippen LogP contribution in [0, 0.1) is 6.92 Å². The average molecular weight is 271 g/mol. The maximum atomic E-state index is 12.0. The van der Waals surface area contributed by atoms with Gasteiger partial charge in [0.25, 0.3) is 5.56 Å². The normalized spacial score (nSPS) is 10.8. The molecule has 1 N–H and O–H groups in total. The van der Waals surface area contributed by atoms with Crippen LogP contribution in [0.5, 0.6) is 0 Å². The number of hydrogen-bond donors (Lipinski definition) is 1. The summed E-state index contributed by atoms with van der Waals surface area (Å²) in [6.07, 6.45) is 0. The van der Waals surface area contributed by atoms with Crippen molar-refractivity contribution in [2.24, 2.45) is 0 Å². The third-order valence-electron chi connectivity index (χ3n) is 2.88. The highest BCUT2D eigenvalue weighted by Crippen LogP contribution is 2.12. The Morgan fingerprint density at radius 1 is 1.32 bits per heavy atom. The summed E-state index contributed by atoms with van der Waals surface area (Å²) < 4.78 is 1.64. The summed E-state index contributed by atoms with van der Waals surface area (Å²) in [5.74, 6) is 0. The number of benzene rings is 1. The van der Waals surface area contributed by atoms with Crippen LogP contribution < -0.4 is 10.9 Å². The summed E-state index contributed by atoms with van der Waals surface area (Å²) in [6, 6.07) is 11.5. The van der Waals surface area contributed by atoms with Crippen LogP contribution in [-0.2, 0) is 6.54 Å². The second-order valence-corrected chi connectivity index (χ2v) is 5.14. The van der Waals surface area contributed by atoms with Crippen molar-refractivity contribution < 1.29 is 0 Å². The van der Waals surface area contributed by atoms with Gasteiger partial charge in [-0.3, -0.25) is 9.20 Å². The smallest absolute Gasteiger partial charge is 0.259 e. The van der Waals surface area contributed by atoms with Gasteiger partial charge in [0, 0.05) is 22.8 Å². The quantitative estimate of drug-likeness (QED) is 0.796. The molecule has 19 heavy (non-hydrogen) atoms. The average Bonchev–Trinajstić information content (AvgIpc) is 2.80. The number of hydrogen-bond acceptors (Lipinski definition) is 4. The minimum absolute atomic E-state index is 0.0198.